The van der Waals surface area contributed by atoms with Crippen molar-refractivity contribution in [2.75, 3.05) is 5.73 Å². The minimum absolute atomic E-state index is 0.464. The van der Waals surface area contributed by atoms with Gasteiger partial charge in [0.15, 0.2) is 0 Å². The quantitative estimate of drug-likeness (QED) is 0.572. The van der Waals surface area contributed by atoms with Crippen LogP contribution >= 0.6 is 27.5 Å². The maximum atomic E-state index is 5.60. The Bertz CT molecular complexity index is 237. The topological polar surface area (TPSA) is 26.0 Å². The summed E-state index contributed by atoms with van der Waals surface area (Å²) in [5, 5.41) is 0. The van der Waals surface area contributed by atoms with E-state index in [1.807, 2.05) is 18.2 Å². The van der Waals surface area contributed by atoms with E-state index in [0.29, 0.717) is 5.88 Å². The molecule has 0 amide bonds. The number of hydrogen-bond donors (Lipinski definition) is 1. The zero-order chi connectivity index (χ0) is 7.56. The van der Waals surface area contributed by atoms with Gasteiger partial charge < -0.3 is 5.73 Å². The summed E-state index contributed by atoms with van der Waals surface area (Å²) in [6.07, 6.45) is 0. The standard InChI is InChI=1S/C7H7BrClN/c8-6-1-2-7(10)5(3-6)4-9/h1-3H,4,10H2. The maximum Gasteiger partial charge on any atom is 0.0494 e. The van der Waals surface area contributed by atoms with Gasteiger partial charge in [0.25, 0.3) is 0 Å². The molecule has 2 N–H and O–H groups in total. The van der Waals surface area contributed by atoms with Gasteiger partial charge in [-0.15, -0.1) is 11.6 Å². The second-order valence-electron chi connectivity index (χ2n) is 1.98. The fourth-order valence-corrected chi connectivity index (χ4v) is 1.33. The van der Waals surface area contributed by atoms with E-state index in [9.17, 15) is 0 Å². The van der Waals surface area contributed by atoms with Crippen molar-refractivity contribution in [3.8, 4) is 0 Å². The van der Waals surface area contributed by atoms with Crippen LogP contribution in [0.1, 0.15) is 5.56 Å². The fourth-order valence-electron chi connectivity index (χ4n) is 0.690. The number of halogens is 2. The summed E-state index contributed by atoms with van der Waals surface area (Å²) in [7, 11) is 0. The highest BCUT2D eigenvalue weighted by Crippen LogP contribution is 2.19. The lowest BCUT2D eigenvalue weighted by atomic mass is 10.2. The van der Waals surface area contributed by atoms with Crippen molar-refractivity contribution in [1.82, 2.24) is 0 Å². The predicted octanol–water partition coefficient (Wildman–Crippen LogP) is 2.77. The molecule has 0 atom stereocenters. The molecule has 0 heterocycles. The van der Waals surface area contributed by atoms with E-state index in [2.05, 4.69) is 15.9 Å². The molecule has 54 valence electrons. The molecule has 0 aromatic heterocycles. The predicted molar refractivity (Wildman–Crippen MR) is 48.1 cm³/mol. The summed E-state index contributed by atoms with van der Waals surface area (Å²) in [5.74, 6) is 0.464. The van der Waals surface area contributed by atoms with Gasteiger partial charge in [-0.1, -0.05) is 15.9 Å². The lowest BCUT2D eigenvalue weighted by molar-refractivity contribution is 1.39. The fraction of sp³-hybridized carbons (Fsp3) is 0.143. The van der Waals surface area contributed by atoms with Crippen LogP contribution in [0.4, 0.5) is 5.69 Å². The Balaban J connectivity index is 3.09. The van der Waals surface area contributed by atoms with Crippen molar-refractivity contribution >= 4 is 33.2 Å². The van der Waals surface area contributed by atoms with Crippen LogP contribution in [-0.4, -0.2) is 0 Å². The number of benzene rings is 1. The molecule has 0 radical (unpaired) electrons. The van der Waals surface area contributed by atoms with Gasteiger partial charge in [-0.25, -0.2) is 0 Å². The van der Waals surface area contributed by atoms with Crippen molar-refractivity contribution in [1.29, 1.82) is 0 Å². The van der Waals surface area contributed by atoms with Crippen molar-refractivity contribution in [2.45, 2.75) is 5.88 Å². The lowest BCUT2D eigenvalue weighted by Crippen LogP contribution is -1.90. The van der Waals surface area contributed by atoms with Gasteiger partial charge in [0, 0.05) is 16.0 Å². The van der Waals surface area contributed by atoms with Crippen molar-refractivity contribution in [3.05, 3.63) is 28.2 Å². The highest BCUT2D eigenvalue weighted by atomic mass is 79.9. The Hall–Kier alpha value is -0.210. The van der Waals surface area contributed by atoms with Crippen molar-refractivity contribution < 1.29 is 0 Å². The molecular formula is C7H7BrClN. The maximum absolute atomic E-state index is 5.60. The number of anilines is 1. The summed E-state index contributed by atoms with van der Waals surface area (Å²) in [6.45, 7) is 0. The SMILES string of the molecule is Nc1ccc(Br)cc1CCl. The van der Waals surface area contributed by atoms with E-state index >= 15 is 0 Å². The van der Waals surface area contributed by atoms with E-state index in [0.717, 1.165) is 15.7 Å². The van der Waals surface area contributed by atoms with Crippen LogP contribution in [0.15, 0.2) is 22.7 Å². The summed E-state index contributed by atoms with van der Waals surface area (Å²) in [5.41, 5.74) is 7.31. The third kappa shape index (κ3) is 1.64. The molecule has 0 saturated heterocycles. The zero-order valence-electron chi connectivity index (χ0n) is 5.27. The molecule has 3 heteroatoms. The van der Waals surface area contributed by atoms with Crippen LogP contribution in [0, 0.1) is 0 Å². The zero-order valence-corrected chi connectivity index (χ0v) is 7.61. The van der Waals surface area contributed by atoms with Crippen LogP contribution in [0.2, 0.25) is 0 Å². The minimum Gasteiger partial charge on any atom is -0.398 e. The monoisotopic (exact) mass is 219 g/mol. The van der Waals surface area contributed by atoms with Crippen LogP contribution in [0.3, 0.4) is 0 Å². The average molecular weight is 220 g/mol. The van der Waals surface area contributed by atoms with Gasteiger partial charge in [0.05, 0.1) is 0 Å². The Labute approximate surface area is 73.3 Å². The molecular weight excluding hydrogens is 213 g/mol. The van der Waals surface area contributed by atoms with E-state index in [1.54, 1.807) is 0 Å². The molecule has 0 spiro atoms. The summed E-state index contributed by atoms with van der Waals surface area (Å²) in [6, 6.07) is 5.65. The third-order valence-corrected chi connectivity index (χ3v) is 2.03. The van der Waals surface area contributed by atoms with Gasteiger partial charge in [0.2, 0.25) is 0 Å². The molecule has 0 bridgehead atoms. The molecule has 1 nitrogen and oxygen atoms in total. The van der Waals surface area contributed by atoms with Crippen LogP contribution in [0.25, 0.3) is 0 Å². The van der Waals surface area contributed by atoms with Gasteiger partial charge in [-0.3, -0.25) is 0 Å². The minimum atomic E-state index is 0.464. The molecule has 10 heavy (non-hydrogen) atoms. The smallest absolute Gasteiger partial charge is 0.0494 e. The number of alkyl halides is 1. The summed E-state index contributed by atoms with van der Waals surface area (Å²) >= 11 is 8.93. The molecule has 1 aromatic rings. The summed E-state index contributed by atoms with van der Waals surface area (Å²) in [4.78, 5) is 0. The molecule has 0 aliphatic heterocycles. The molecule has 0 aliphatic carbocycles. The Morgan fingerprint density at radius 1 is 1.50 bits per heavy atom. The van der Waals surface area contributed by atoms with Gasteiger partial charge in [-0.05, 0) is 23.8 Å². The van der Waals surface area contributed by atoms with Gasteiger partial charge >= 0.3 is 0 Å². The second-order valence-corrected chi connectivity index (χ2v) is 3.16. The Morgan fingerprint density at radius 3 is 2.70 bits per heavy atom. The molecule has 0 unspecified atom stereocenters. The van der Waals surface area contributed by atoms with Crippen LogP contribution in [0.5, 0.6) is 0 Å². The first-order valence-corrected chi connectivity index (χ1v) is 4.16. The Morgan fingerprint density at radius 2 is 2.20 bits per heavy atom. The van der Waals surface area contributed by atoms with Crippen LogP contribution < -0.4 is 5.73 Å². The second kappa shape index (κ2) is 3.26. The van der Waals surface area contributed by atoms with Gasteiger partial charge in [0.1, 0.15) is 0 Å². The Kier molecular flexibility index (Phi) is 2.57. The van der Waals surface area contributed by atoms with E-state index in [1.165, 1.54) is 0 Å². The molecule has 1 aromatic carbocycles. The highest BCUT2D eigenvalue weighted by Gasteiger charge is 1.96. The average Bonchev–Trinajstić information content (AvgIpc) is 1.94. The van der Waals surface area contributed by atoms with Crippen molar-refractivity contribution in [3.63, 3.8) is 0 Å². The van der Waals surface area contributed by atoms with Crippen LogP contribution in [-0.2, 0) is 5.88 Å². The van der Waals surface area contributed by atoms with Crippen molar-refractivity contribution in [2.24, 2.45) is 0 Å². The molecule has 0 fully saturated rings. The van der Waals surface area contributed by atoms with E-state index < -0.39 is 0 Å². The summed E-state index contributed by atoms with van der Waals surface area (Å²) < 4.78 is 1.01. The van der Waals surface area contributed by atoms with Gasteiger partial charge in [-0.2, -0.15) is 0 Å². The molecule has 0 saturated carbocycles. The number of rotatable bonds is 1. The molecule has 0 aliphatic rings. The van der Waals surface area contributed by atoms with E-state index in [4.69, 9.17) is 17.3 Å². The highest BCUT2D eigenvalue weighted by molar-refractivity contribution is 9.10. The third-order valence-electron chi connectivity index (χ3n) is 1.25. The number of hydrogen-bond acceptors (Lipinski definition) is 1. The lowest BCUT2D eigenvalue weighted by Gasteiger charge is -2.00. The largest absolute Gasteiger partial charge is 0.398 e. The molecule has 1 rings (SSSR count). The first-order chi connectivity index (χ1) is 4.74. The first-order valence-electron chi connectivity index (χ1n) is 2.84. The first kappa shape index (κ1) is 7.89. The van der Waals surface area contributed by atoms with E-state index in [-0.39, 0.29) is 0 Å². The number of nitrogen functional groups attached to an aromatic ring is 1. The normalized spacial score (nSPS) is 9.80. The number of nitrogens with two attached hydrogens (primary N) is 1.